The van der Waals surface area contributed by atoms with E-state index in [1.165, 1.54) is 0 Å². The number of carbonyl (C=O) groups is 1. The molecule has 0 atom stereocenters. The summed E-state index contributed by atoms with van der Waals surface area (Å²) < 4.78 is 5.61. The van der Waals surface area contributed by atoms with Gasteiger partial charge in [0.25, 0.3) is 0 Å². The van der Waals surface area contributed by atoms with Crippen LogP contribution in [0.4, 0.5) is 0 Å². The summed E-state index contributed by atoms with van der Waals surface area (Å²) in [7, 11) is 0. The number of hydrogen-bond acceptors (Lipinski definition) is 4. The fourth-order valence-corrected chi connectivity index (χ4v) is 2.38. The average Bonchev–Trinajstić information content (AvgIpc) is 2.34. The van der Waals surface area contributed by atoms with Crippen LogP contribution >= 0.6 is 0 Å². The number of aliphatic hydroxyl groups excluding tert-OH is 1. The third-order valence-electron chi connectivity index (χ3n) is 3.45. The fourth-order valence-electron chi connectivity index (χ4n) is 2.38. The molecule has 4 nitrogen and oxygen atoms in total. The van der Waals surface area contributed by atoms with Gasteiger partial charge in [0.05, 0.1) is 6.61 Å². The van der Waals surface area contributed by atoms with Gasteiger partial charge in [0.1, 0.15) is 5.75 Å². The monoisotopic (exact) mass is 263 g/mol. The molecule has 1 aliphatic rings. The molecule has 1 fully saturated rings. The van der Waals surface area contributed by atoms with Gasteiger partial charge in [0.2, 0.25) is 0 Å². The molecule has 0 bridgehead atoms. The Balaban J connectivity index is 2.11. The topological polar surface area (TPSA) is 49.8 Å². The van der Waals surface area contributed by atoms with Gasteiger partial charge in [-0.1, -0.05) is 0 Å². The first kappa shape index (κ1) is 14.0. The molecule has 0 spiro atoms. The quantitative estimate of drug-likeness (QED) is 0.794. The van der Waals surface area contributed by atoms with Crippen molar-refractivity contribution in [3.05, 3.63) is 29.3 Å². The van der Waals surface area contributed by atoms with Crippen molar-refractivity contribution < 1.29 is 14.6 Å². The molecule has 0 radical (unpaired) electrons. The van der Waals surface area contributed by atoms with Crippen LogP contribution < -0.4 is 4.74 Å². The van der Waals surface area contributed by atoms with E-state index in [1.807, 2.05) is 25.1 Å². The molecule has 2 rings (SSSR count). The lowest BCUT2D eigenvalue weighted by atomic mass is 9.99. The maximum absolute atomic E-state index is 11.4. The largest absolute Gasteiger partial charge is 0.494 e. The molecule has 1 aliphatic heterocycles. The number of nitrogens with zero attached hydrogens (tertiary/aromatic N) is 1. The van der Waals surface area contributed by atoms with Crippen LogP contribution in [0.1, 0.15) is 29.8 Å². The van der Waals surface area contributed by atoms with Crippen molar-refractivity contribution >= 4 is 5.78 Å². The van der Waals surface area contributed by atoms with Crippen molar-refractivity contribution in [2.45, 2.75) is 20.4 Å². The van der Waals surface area contributed by atoms with E-state index in [4.69, 9.17) is 9.84 Å². The number of carbonyl (C=O) groups excluding carboxylic acids is 1. The first-order valence-electron chi connectivity index (χ1n) is 6.74. The van der Waals surface area contributed by atoms with Crippen LogP contribution in [0.15, 0.2) is 18.2 Å². The molecular formula is C15H21NO3. The van der Waals surface area contributed by atoms with Gasteiger partial charge >= 0.3 is 0 Å². The third kappa shape index (κ3) is 3.33. The second-order valence-corrected chi connectivity index (χ2v) is 5.05. The van der Waals surface area contributed by atoms with E-state index in [0.29, 0.717) is 12.5 Å². The summed E-state index contributed by atoms with van der Waals surface area (Å²) in [5.41, 5.74) is 1.77. The van der Waals surface area contributed by atoms with Crippen LogP contribution in [0.2, 0.25) is 0 Å². The van der Waals surface area contributed by atoms with Crippen LogP contribution in [-0.4, -0.2) is 42.1 Å². The van der Waals surface area contributed by atoms with Crippen LogP contribution in [0.3, 0.4) is 0 Å². The van der Waals surface area contributed by atoms with E-state index >= 15 is 0 Å². The van der Waals surface area contributed by atoms with Gasteiger partial charge in [-0.2, -0.15) is 0 Å². The van der Waals surface area contributed by atoms with E-state index in [-0.39, 0.29) is 12.4 Å². The summed E-state index contributed by atoms with van der Waals surface area (Å²) in [6.07, 6.45) is 0. The van der Waals surface area contributed by atoms with Gasteiger partial charge in [-0.15, -0.1) is 0 Å². The highest BCUT2D eigenvalue weighted by Crippen LogP contribution is 2.25. The minimum Gasteiger partial charge on any atom is -0.494 e. The molecule has 0 aromatic heterocycles. The summed E-state index contributed by atoms with van der Waals surface area (Å²) in [6.45, 7) is 6.98. The molecule has 19 heavy (non-hydrogen) atoms. The minimum atomic E-state index is 0.0705. The summed E-state index contributed by atoms with van der Waals surface area (Å²) >= 11 is 0. The molecule has 0 amide bonds. The first-order valence-corrected chi connectivity index (χ1v) is 6.74. The van der Waals surface area contributed by atoms with Crippen LogP contribution in [0, 0.1) is 5.92 Å². The molecule has 104 valence electrons. The van der Waals surface area contributed by atoms with E-state index in [1.54, 1.807) is 6.92 Å². The fraction of sp³-hybridized carbons (Fsp3) is 0.533. The zero-order chi connectivity index (χ0) is 13.8. The lowest BCUT2D eigenvalue weighted by molar-refractivity contribution is 0.0472. The number of ketones is 1. The van der Waals surface area contributed by atoms with Gasteiger partial charge < -0.3 is 9.84 Å². The predicted molar refractivity (Wildman–Crippen MR) is 73.5 cm³/mol. The van der Waals surface area contributed by atoms with Crippen LogP contribution in [0.5, 0.6) is 5.75 Å². The summed E-state index contributed by atoms with van der Waals surface area (Å²) in [5.74, 6) is 1.31. The van der Waals surface area contributed by atoms with Gasteiger partial charge in [-0.05, 0) is 32.0 Å². The number of ether oxygens (including phenoxy) is 1. The number of likely N-dealkylation sites (tertiary alicyclic amines) is 1. The Morgan fingerprint density at radius 1 is 1.47 bits per heavy atom. The molecule has 0 unspecified atom stereocenters. The van der Waals surface area contributed by atoms with Crippen LogP contribution in [-0.2, 0) is 6.54 Å². The Morgan fingerprint density at radius 3 is 2.79 bits per heavy atom. The number of aliphatic hydroxyl groups is 1. The number of rotatable bonds is 6. The van der Waals surface area contributed by atoms with E-state index in [9.17, 15) is 4.79 Å². The zero-order valence-electron chi connectivity index (χ0n) is 11.6. The normalized spacial score (nSPS) is 16.2. The van der Waals surface area contributed by atoms with Crippen LogP contribution in [0.25, 0.3) is 0 Å². The highest BCUT2D eigenvalue weighted by molar-refractivity contribution is 5.94. The smallest absolute Gasteiger partial charge is 0.159 e. The summed E-state index contributed by atoms with van der Waals surface area (Å²) in [6, 6.07) is 5.60. The van der Waals surface area contributed by atoms with E-state index < -0.39 is 0 Å². The van der Waals surface area contributed by atoms with Gasteiger partial charge in [-0.25, -0.2) is 0 Å². The number of benzene rings is 1. The maximum Gasteiger partial charge on any atom is 0.159 e. The highest BCUT2D eigenvalue weighted by Gasteiger charge is 2.26. The first-order chi connectivity index (χ1) is 9.13. The molecule has 1 N–H and O–H groups in total. The lowest BCUT2D eigenvalue weighted by Gasteiger charge is -2.38. The Morgan fingerprint density at radius 2 is 2.21 bits per heavy atom. The van der Waals surface area contributed by atoms with Crippen molar-refractivity contribution in [2.75, 3.05) is 26.3 Å². The molecule has 1 aromatic rings. The molecule has 0 aliphatic carbocycles. The van der Waals surface area contributed by atoms with Crippen molar-refractivity contribution in [2.24, 2.45) is 5.92 Å². The Bertz CT molecular complexity index is 453. The van der Waals surface area contributed by atoms with Gasteiger partial charge in [-0.3, -0.25) is 9.69 Å². The minimum absolute atomic E-state index is 0.0705. The van der Waals surface area contributed by atoms with Crippen molar-refractivity contribution in [3.63, 3.8) is 0 Å². The molecule has 4 heteroatoms. The average molecular weight is 263 g/mol. The second-order valence-electron chi connectivity index (χ2n) is 5.05. The maximum atomic E-state index is 11.4. The highest BCUT2D eigenvalue weighted by atomic mass is 16.5. The second kappa shape index (κ2) is 6.17. The molecular weight excluding hydrogens is 242 g/mol. The lowest BCUT2D eigenvalue weighted by Crippen LogP contribution is -2.47. The summed E-state index contributed by atoms with van der Waals surface area (Å²) in [4.78, 5) is 13.7. The van der Waals surface area contributed by atoms with Gasteiger partial charge in [0, 0.05) is 43.3 Å². The Kier molecular flexibility index (Phi) is 4.56. The Labute approximate surface area is 114 Å². The number of Topliss-reactive ketones (excluding diaryl/α,β-unsaturated/α-hetero) is 1. The summed E-state index contributed by atoms with van der Waals surface area (Å²) in [5, 5.41) is 9.03. The third-order valence-corrected chi connectivity index (χ3v) is 3.45. The van der Waals surface area contributed by atoms with E-state index in [0.717, 1.165) is 36.5 Å². The zero-order valence-corrected chi connectivity index (χ0v) is 11.6. The molecule has 0 saturated carbocycles. The number of hydrogen-bond donors (Lipinski definition) is 1. The van der Waals surface area contributed by atoms with Gasteiger partial charge in [0.15, 0.2) is 5.78 Å². The molecule has 1 heterocycles. The van der Waals surface area contributed by atoms with Crippen molar-refractivity contribution in [1.82, 2.24) is 4.90 Å². The van der Waals surface area contributed by atoms with Crippen molar-refractivity contribution in [3.8, 4) is 5.75 Å². The Hall–Kier alpha value is -1.39. The predicted octanol–water partition coefficient (Wildman–Crippen LogP) is 1.71. The SMILES string of the molecule is CCOc1ccc(C(C)=O)cc1CN1CC(CO)C1. The molecule has 1 saturated heterocycles. The van der Waals surface area contributed by atoms with E-state index in [2.05, 4.69) is 4.90 Å². The van der Waals surface area contributed by atoms with Crippen molar-refractivity contribution in [1.29, 1.82) is 0 Å². The standard InChI is InChI=1S/C15H21NO3/c1-3-19-15-5-4-13(11(2)18)6-14(15)9-16-7-12(8-16)10-17/h4-6,12,17H,3,7-10H2,1-2H3. The molecule has 1 aromatic carbocycles.